The summed E-state index contributed by atoms with van der Waals surface area (Å²) in [5, 5.41) is 7.18. The summed E-state index contributed by atoms with van der Waals surface area (Å²) in [5.74, 6) is 0. The first-order chi connectivity index (χ1) is 30.2. The Bertz CT molecular complexity index is 3500. The number of anilines is 3. The molecule has 0 unspecified atom stereocenters. The molecule has 0 amide bonds. The van der Waals surface area contributed by atoms with E-state index < -0.39 is 0 Å². The molecule has 3 nitrogen and oxygen atoms in total. The first-order valence-corrected chi connectivity index (χ1v) is 20.8. The van der Waals surface area contributed by atoms with Crippen LogP contribution in [0.2, 0.25) is 0 Å². The van der Waals surface area contributed by atoms with Gasteiger partial charge in [-0.1, -0.05) is 164 Å². The van der Waals surface area contributed by atoms with Gasteiger partial charge in [-0.25, -0.2) is 0 Å². The van der Waals surface area contributed by atoms with Gasteiger partial charge in [0.2, 0.25) is 0 Å². The summed E-state index contributed by atoms with van der Waals surface area (Å²) in [7, 11) is 0. The molecule has 0 aliphatic heterocycles. The number of hydrogen-bond donors (Lipinski definition) is 0. The smallest absolute Gasteiger partial charge is 0.143 e. The third-order valence-corrected chi connectivity index (χ3v) is 12.2. The van der Waals surface area contributed by atoms with Crippen molar-refractivity contribution >= 4 is 71.6 Å². The zero-order valence-electron chi connectivity index (χ0n) is 33.2. The fourth-order valence-corrected chi connectivity index (χ4v) is 9.29. The number of benzene rings is 10. The van der Waals surface area contributed by atoms with Crippen LogP contribution in [0.25, 0.3) is 93.6 Å². The van der Waals surface area contributed by atoms with Crippen molar-refractivity contribution < 1.29 is 4.42 Å². The van der Waals surface area contributed by atoms with E-state index in [0.717, 1.165) is 55.8 Å². The van der Waals surface area contributed by atoms with E-state index in [1.54, 1.807) is 0 Å². The highest BCUT2D eigenvalue weighted by molar-refractivity contribution is 6.13. The Kier molecular flexibility index (Phi) is 8.17. The van der Waals surface area contributed by atoms with E-state index in [1.165, 1.54) is 54.8 Å². The second-order valence-corrected chi connectivity index (χ2v) is 15.7. The lowest BCUT2D eigenvalue weighted by molar-refractivity contribution is 0.670. The number of nitrogens with zero attached hydrogens (tertiary/aromatic N) is 2. The normalized spacial score (nSPS) is 11.6. The van der Waals surface area contributed by atoms with Crippen LogP contribution in [0.15, 0.2) is 235 Å². The fourth-order valence-electron chi connectivity index (χ4n) is 9.29. The molecular formula is C58H38N2O. The van der Waals surface area contributed by atoms with Gasteiger partial charge in [0.05, 0.1) is 11.0 Å². The van der Waals surface area contributed by atoms with Gasteiger partial charge in [-0.2, -0.15) is 0 Å². The Morgan fingerprint density at radius 1 is 0.328 bits per heavy atom. The summed E-state index contributed by atoms with van der Waals surface area (Å²) < 4.78 is 9.10. The molecule has 10 aromatic carbocycles. The van der Waals surface area contributed by atoms with Crippen LogP contribution in [0.5, 0.6) is 0 Å². The molecule has 0 saturated carbocycles. The van der Waals surface area contributed by atoms with Crippen LogP contribution in [-0.4, -0.2) is 4.57 Å². The minimum Gasteiger partial charge on any atom is -0.455 e. The van der Waals surface area contributed by atoms with E-state index in [0.29, 0.717) is 0 Å². The van der Waals surface area contributed by atoms with Gasteiger partial charge < -0.3 is 13.9 Å². The van der Waals surface area contributed by atoms with E-state index in [9.17, 15) is 0 Å². The second-order valence-electron chi connectivity index (χ2n) is 15.7. The van der Waals surface area contributed by atoms with Crippen LogP contribution in [0.4, 0.5) is 17.1 Å². The van der Waals surface area contributed by atoms with Gasteiger partial charge in [-0.15, -0.1) is 0 Å². The molecular weight excluding hydrogens is 741 g/mol. The van der Waals surface area contributed by atoms with Crippen LogP contribution < -0.4 is 4.90 Å². The van der Waals surface area contributed by atoms with E-state index in [4.69, 9.17) is 4.42 Å². The zero-order chi connectivity index (χ0) is 40.3. The molecule has 61 heavy (non-hydrogen) atoms. The Hall–Kier alpha value is -8.14. The molecule has 2 aromatic heterocycles. The van der Waals surface area contributed by atoms with Gasteiger partial charge in [0, 0.05) is 49.9 Å². The minimum atomic E-state index is 0.881. The second kappa shape index (κ2) is 14.3. The quantitative estimate of drug-likeness (QED) is 0.161. The van der Waals surface area contributed by atoms with E-state index in [2.05, 4.69) is 234 Å². The molecule has 3 heteroatoms. The maximum Gasteiger partial charge on any atom is 0.143 e. The van der Waals surface area contributed by atoms with Crippen molar-refractivity contribution in [2.24, 2.45) is 0 Å². The lowest BCUT2D eigenvalue weighted by Crippen LogP contribution is -2.09. The minimum absolute atomic E-state index is 0.881. The van der Waals surface area contributed by atoms with Crippen LogP contribution in [0.1, 0.15) is 0 Å². The van der Waals surface area contributed by atoms with Crippen LogP contribution in [0, 0.1) is 0 Å². The van der Waals surface area contributed by atoms with Gasteiger partial charge in [-0.05, 0) is 105 Å². The number of para-hydroxylation sites is 3. The number of aromatic nitrogens is 1. The average molecular weight is 779 g/mol. The standard InChI is InChI=1S/C58H38N2O/c1-2-13-39(14-3-1)40-25-31-44(32-26-40)59(45-33-27-42(28-34-45)49-21-12-16-41-15-4-5-17-48(41)49)46-35-29-43(30-36-46)53-37-47(38-54-52-20-8-11-24-57(52)61-58(53)54)60-55-22-9-6-18-50(55)51-19-7-10-23-56(51)60/h1-38H. The molecule has 286 valence electrons. The number of hydrogen-bond acceptors (Lipinski definition) is 2. The van der Waals surface area contributed by atoms with Crippen molar-refractivity contribution in [2.75, 3.05) is 4.90 Å². The van der Waals surface area contributed by atoms with Gasteiger partial charge in [0.1, 0.15) is 11.2 Å². The molecule has 0 bridgehead atoms. The summed E-state index contributed by atoms with van der Waals surface area (Å²) >= 11 is 0. The van der Waals surface area contributed by atoms with Crippen molar-refractivity contribution in [3.63, 3.8) is 0 Å². The Labute approximate surface area is 353 Å². The van der Waals surface area contributed by atoms with Crippen molar-refractivity contribution in [2.45, 2.75) is 0 Å². The summed E-state index contributed by atoms with van der Waals surface area (Å²) in [6.07, 6.45) is 0. The molecule has 0 fully saturated rings. The monoisotopic (exact) mass is 778 g/mol. The van der Waals surface area contributed by atoms with Gasteiger partial charge in [0.25, 0.3) is 0 Å². The highest BCUT2D eigenvalue weighted by Crippen LogP contribution is 2.43. The van der Waals surface area contributed by atoms with E-state index in [-0.39, 0.29) is 0 Å². The Morgan fingerprint density at radius 3 is 1.48 bits per heavy atom. The molecule has 0 radical (unpaired) electrons. The summed E-state index contributed by atoms with van der Waals surface area (Å²) in [4.78, 5) is 2.34. The maximum absolute atomic E-state index is 6.70. The molecule has 0 N–H and O–H groups in total. The summed E-state index contributed by atoms with van der Waals surface area (Å²) in [5.41, 5.74) is 15.4. The van der Waals surface area contributed by atoms with Crippen molar-refractivity contribution in [3.8, 4) is 39.1 Å². The fraction of sp³-hybridized carbons (Fsp3) is 0. The topological polar surface area (TPSA) is 21.3 Å². The number of rotatable bonds is 7. The summed E-state index contributed by atoms with van der Waals surface area (Å²) in [6.45, 7) is 0. The summed E-state index contributed by atoms with van der Waals surface area (Å²) in [6, 6.07) is 82.8. The first kappa shape index (κ1) is 34.9. The van der Waals surface area contributed by atoms with Crippen LogP contribution in [0.3, 0.4) is 0 Å². The van der Waals surface area contributed by atoms with Crippen LogP contribution >= 0.6 is 0 Å². The van der Waals surface area contributed by atoms with Gasteiger partial charge in [0.15, 0.2) is 0 Å². The highest BCUT2D eigenvalue weighted by Gasteiger charge is 2.20. The molecule has 0 saturated heterocycles. The molecule has 0 atom stereocenters. The van der Waals surface area contributed by atoms with Gasteiger partial charge in [-0.3, -0.25) is 0 Å². The van der Waals surface area contributed by atoms with Crippen molar-refractivity contribution in [1.29, 1.82) is 0 Å². The lowest BCUT2D eigenvalue weighted by atomic mass is 9.98. The predicted molar refractivity (Wildman–Crippen MR) is 257 cm³/mol. The largest absolute Gasteiger partial charge is 0.455 e. The number of fused-ring (bicyclic) bond motifs is 7. The molecule has 0 spiro atoms. The van der Waals surface area contributed by atoms with Crippen molar-refractivity contribution in [1.82, 2.24) is 4.57 Å². The average Bonchev–Trinajstić information content (AvgIpc) is 3.88. The maximum atomic E-state index is 6.70. The SMILES string of the molecule is c1ccc(-c2ccc(N(c3ccc(-c4cccc5ccccc45)cc3)c3ccc(-c4cc(-n5c6ccccc6c6ccccc65)cc5c4oc4ccccc45)cc3)cc2)cc1. The van der Waals surface area contributed by atoms with E-state index >= 15 is 0 Å². The number of furan rings is 1. The zero-order valence-corrected chi connectivity index (χ0v) is 33.2. The lowest BCUT2D eigenvalue weighted by Gasteiger charge is -2.26. The first-order valence-electron chi connectivity index (χ1n) is 20.8. The molecule has 0 aliphatic carbocycles. The van der Waals surface area contributed by atoms with Crippen LogP contribution in [-0.2, 0) is 0 Å². The Morgan fingerprint density at radius 2 is 0.820 bits per heavy atom. The molecule has 2 heterocycles. The predicted octanol–water partition coefficient (Wildman–Crippen LogP) is 16.3. The molecule has 12 aromatic rings. The van der Waals surface area contributed by atoms with Crippen molar-refractivity contribution in [3.05, 3.63) is 231 Å². The third-order valence-electron chi connectivity index (χ3n) is 12.2. The molecule has 12 rings (SSSR count). The Balaban J connectivity index is 0.998. The third kappa shape index (κ3) is 5.90. The highest BCUT2D eigenvalue weighted by atomic mass is 16.3. The molecule has 0 aliphatic rings. The van der Waals surface area contributed by atoms with E-state index in [1.807, 2.05) is 6.07 Å². The van der Waals surface area contributed by atoms with Gasteiger partial charge >= 0.3 is 0 Å².